The smallest absolute Gasteiger partial charge is 0.0455 e. The molecular formula is C32H41N. The second kappa shape index (κ2) is 9.69. The maximum atomic E-state index is 2.66. The molecule has 1 aromatic rings. The van der Waals surface area contributed by atoms with Gasteiger partial charge in [0, 0.05) is 23.0 Å². The molecule has 6 unspecified atom stereocenters. The first kappa shape index (κ1) is 21.5. The monoisotopic (exact) mass is 439 g/mol. The average molecular weight is 440 g/mol. The number of anilines is 1. The molecule has 0 heterocycles. The topological polar surface area (TPSA) is 3.24 Å². The van der Waals surface area contributed by atoms with E-state index in [9.17, 15) is 0 Å². The Hall–Kier alpha value is -2.02. The average Bonchev–Trinajstić information content (AvgIpc) is 2.89. The Bertz CT molecular complexity index is 935. The number of allylic oxidation sites excluding steroid dienone is 8. The number of benzene rings is 1. The van der Waals surface area contributed by atoms with Gasteiger partial charge in [0.25, 0.3) is 0 Å². The maximum absolute atomic E-state index is 2.66. The molecule has 6 rings (SSSR count). The summed E-state index contributed by atoms with van der Waals surface area (Å²) in [4.78, 5) is 2.66. The van der Waals surface area contributed by atoms with Gasteiger partial charge in [0.2, 0.25) is 0 Å². The summed E-state index contributed by atoms with van der Waals surface area (Å²) in [5.41, 5.74) is 4.47. The number of para-hydroxylation sites is 1. The second-order valence-corrected chi connectivity index (χ2v) is 11.4. The highest BCUT2D eigenvalue weighted by Gasteiger charge is 2.42. The lowest BCUT2D eigenvalue weighted by atomic mass is 9.58. The number of rotatable bonds is 4. The van der Waals surface area contributed by atoms with Crippen molar-refractivity contribution in [2.45, 2.75) is 77.0 Å². The van der Waals surface area contributed by atoms with Crippen LogP contribution in [0.4, 0.5) is 5.69 Å². The number of hydrogen-bond acceptors (Lipinski definition) is 1. The molecular weight excluding hydrogens is 398 g/mol. The summed E-state index contributed by atoms with van der Waals surface area (Å²) in [6.07, 6.45) is 31.5. The van der Waals surface area contributed by atoms with Crippen LogP contribution in [0.1, 0.15) is 77.0 Å². The van der Waals surface area contributed by atoms with Crippen LogP contribution in [-0.4, -0.2) is 0 Å². The molecule has 1 aromatic carbocycles. The predicted molar refractivity (Wildman–Crippen MR) is 140 cm³/mol. The summed E-state index contributed by atoms with van der Waals surface area (Å²) in [7, 11) is 0. The summed E-state index contributed by atoms with van der Waals surface area (Å²) in [5.74, 6) is 5.18. The minimum atomic E-state index is 0.680. The summed E-state index contributed by atoms with van der Waals surface area (Å²) in [6, 6.07) is 11.2. The molecule has 174 valence electrons. The van der Waals surface area contributed by atoms with Gasteiger partial charge in [-0.05, 0) is 118 Å². The molecule has 0 amide bonds. The van der Waals surface area contributed by atoms with E-state index in [1.807, 2.05) is 0 Å². The van der Waals surface area contributed by atoms with Crippen molar-refractivity contribution in [3.05, 3.63) is 78.2 Å². The van der Waals surface area contributed by atoms with Crippen molar-refractivity contribution in [1.29, 1.82) is 0 Å². The Morgan fingerprint density at radius 1 is 0.758 bits per heavy atom. The van der Waals surface area contributed by atoms with Crippen molar-refractivity contribution < 1.29 is 0 Å². The van der Waals surface area contributed by atoms with Crippen LogP contribution in [0.25, 0.3) is 0 Å². The highest BCUT2D eigenvalue weighted by molar-refractivity contribution is 5.60. The molecule has 33 heavy (non-hydrogen) atoms. The van der Waals surface area contributed by atoms with Gasteiger partial charge in [-0.2, -0.15) is 0 Å². The minimum Gasteiger partial charge on any atom is -0.318 e. The number of nitrogens with zero attached hydrogens (tertiary/aromatic N) is 1. The molecule has 0 aromatic heterocycles. The highest BCUT2D eigenvalue weighted by atomic mass is 15.2. The summed E-state index contributed by atoms with van der Waals surface area (Å²) >= 11 is 0. The third-order valence-electron chi connectivity index (χ3n) is 9.60. The Balaban J connectivity index is 1.24. The third-order valence-corrected chi connectivity index (χ3v) is 9.60. The molecule has 0 bridgehead atoms. The fourth-order valence-electron chi connectivity index (χ4n) is 8.10. The Morgan fingerprint density at radius 2 is 1.70 bits per heavy atom. The van der Waals surface area contributed by atoms with Crippen LogP contribution < -0.4 is 4.90 Å². The van der Waals surface area contributed by atoms with Crippen LogP contribution in [0.2, 0.25) is 0 Å². The zero-order valence-corrected chi connectivity index (χ0v) is 20.2. The van der Waals surface area contributed by atoms with Crippen molar-refractivity contribution in [1.82, 2.24) is 0 Å². The van der Waals surface area contributed by atoms with Crippen LogP contribution in [-0.2, 0) is 0 Å². The van der Waals surface area contributed by atoms with Gasteiger partial charge in [0.15, 0.2) is 0 Å². The van der Waals surface area contributed by atoms with E-state index in [1.54, 1.807) is 11.4 Å². The van der Waals surface area contributed by atoms with E-state index < -0.39 is 0 Å². The van der Waals surface area contributed by atoms with E-state index in [2.05, 4.69) is 71.7 Å². The van der Waals surface area contributed by atoms with Gasteiger partial charge in [0.05, 0.1) is 0 Å². The van der Waals surface area contributed by atoms with Crippen molar-refractivity contribution in [2.24, 2.45) is 35.5 Å². The van der Waals surface area contributed by atoms with Crippen molar-refractivity contribution in [2.75, 3.05) is 4.90 Å². The molecule has 0 radical (unpaired) electrons. The van der Waals surface area contributed by atoms with Crippen LogP contribution in [0.3, 0.4) is 0 Å². The highest BCUT2D eigenvalue weighted by Crippen LogP contribution is 2.52. The normalized spacial score (nSPS) is 35.8. The molecule has 6 atom stereocenters. The van der Waals surface area contributed by atoms with Gasteiger partial charge < -0.3 is 4.90 Å². The molecule has 0 spiro atoms. The van der Waals surface area contributed by atoms with Gasteiger partial charge in [-0.3, -0.25) is 0 Å². The maximum Gasteiger partial charge on any atom is 0.0455 e. The molecule has 0 aliphatic heterocycles. The van der Waals surface area contributed by atoms with Gasteiger partial charge in [-0.15, -0.1) is 0 Å². The molecule has 0 N–H and O–H groups in total. The third kappa shape index (κ3) is 4.29. The van der Waals surface area contributed by atoms with Crippen LogP contribution in [0.5, 0.6) is 0 Å². The van der Waals surface area contributed by atoms with Gasteiger partial charge in [-0.1, -0.05) is 55.0 Å². The van der Waals surface area contributed by atoms with Crippen molar-refractivity contribution in [3.8, 4) is 0 Å². The van der Waals surface area contributed by atoms with Gasteiger partial charge >= 0.3 is 0 Å². The molecule has 5 aliphatic carbocycles. The van der Waals surface area contributed by atoms with Crippen LogP contribution in [0, 0.1) is 35.5 Å². The summed E-state index contributed by atoms with van der Waals surface area (Å²) < 4.78 is 0. The molecule has 0 saturated heterocycles. The molecule has 1 nitrogen and oxygen atoms in total. The summed E-state index contributed by atoms with van der Waals surface area (Å²) in [5, 5.41) is 0. The largest absolute Gasteiger partial charge is 0.318 e. The van der Waals surface area contributed by atoms with E-state index in [4.69, 9.17) is 0 Å². The Morgan fingerprint density at radius 3 is 2.58 bits per heavy atom. The first-order valence-electron chi connectivity index (χ1n) is 14.0. The van der Waals surface area contributed by atoms with E-state index in [-0.39, 0.29) is 0 Å². The Kier molecular flexibility index (Phi) is 6.31. The van der Waals surface area contributed by atoms with E-state index in [0.29, 0.717) is 5.92 Å². The molecule has 2 fully saturated rings. The lowest BCUT2D eigenvalue weighted by molar-refractivity contribution is 0.0691. The van der Waals surface area contributed by atoms with Crippen molar-refractivity contribution in [3.63, 3.8) is 0 Å². The molecule has 5 aliphatic rings. The first-order valence-corrected chi connectivity index (χ1v) is 14.0. The SMILES string of the molecule is C1=CC2CC(C3CCCC4C=CCCC43)CCC2C(N(C2=CCCCC2)c2ccccc2)=C1. The Labute approximate surface area is 201 Å². The van der Waals surface area contributed by atoms with E-state index in [1.165, 1.54) is 82.7 Å². The number of hydrogen-bond donors (Lipinski definition) is 0. The van der Waals surface area contributed by atoms with Crippen LogP contribution >= 0.6 is 0 Å². The quantitative estimate of drug-likeness (QED) is 0.424. The van der Waals surface area contributed by atoms with Crippen molar-refractivity contribution >= 4 is 5.69 Å². The molecule has 2 saturated carbocycles. The second-order valence-electron chi connectivity index (χ2n) is 11.4. The zero-order chi connectivity index (χ0) is 22.0. The van der Waals surface area contributed by atoms with Crippen LogP contribution in [0.15, 0.2) is 78.2 Å². The first-order chi connectivity index (χ1) is 16.4. The summed E-state index contributed by atoms with van der Waals surface area (Å²) in [6.45, 7) is 0. The molecule has 1 heteroatoms. The standard InChI is InChI=1S/C32H41N/c1-3-14-27(15-4-1)33(28-16-5-2-6-17-28)32-20-10-13-25-23-26(21-22-31(25)32)30-19-9-12-24-11-7-8-18-29(24)30/h1,3-4,7,10-11,13-16,20,24-26,29-31H,2,5-6,8-9,12,17-19,21-23H2. The number of fused-ring (bicyclic) bond motifs is 2. The predicted octanol–water partition coefficient (Wildman–Crippen LogP) is 8.82. The fraction of sp³-hybridized carbons (Fsp3) is 0.562. The lowest BCUT2D eigenvalue weighted by Gasteiger charge is -2.48. The fourth-order valence-corrected chi connectivity index (χ4v) is 8.10. The van der Waals surface area contributed by atoms with Gasteiger partial charge in [-0.25, -0.2) is 0 Å². The van der Waals surface area contributed by atoms with Gasteiger partial charge in [0.1, 0.15) is 0 Å². The minimum absolute atomic E-state index is 0.680. The zero-order valence-electron chi connectivity index (χ0n) is 20.2. The van der Waals surface area contributed by atoms with E-state index >= 15 is 0 Å². The van der Waals surface area contributed by atoms with E-state index in [0.717, 1.165) is 29.6 Å². The lowest BCUT2D eigenvalue weighted by Crippen LogP contribution is -2.40.